The maximum absolute atomic E-state index is 10.1. The summed E-state index contributed by atoms with van der Waals surface area (Å²) in [6.45, 7) is 3.16. The van der Waals surface area contributed by atoms with E-state index in [1.54, 1.807) is 10.9 Å². The Bertz CT molecular complexity index is 509. The lowest BCUT2D eigenvalue weighted by Crippen LogP contribution is -2.22. The Hall–Kier alpha value is -1.72. The number of aliphatic hydroxyl groups is 1. The number of rotatable bonds is 5. The number of aromatic nitrogens is 3. The quantitative estimate of drug-likeness (QED) is 0.824. The topological polar surface area (TPSA) is 63.0 Å². The normalized spacial score (nSPS) is 12.6. The Morgan fingerprint density at radius 2 is 2.17 bits per heavy atom. The summed E-state index contributed by atoms with van der Waals surface area (Å²) in [5.41, 5.74) is 3.06. The van der Waals surface area contributed by atoms with Crippen LogP contribution in [0.25, 0.3) is 0 Å². The third-order valence-corrected chi connectivity index (χ3v) is 3.00. The molecule has 5 heteroatoms. The average Bonchev–Trinajstić information content (AvgIpc) is 2.75. The van der Waals surface area contributed by atoms with E-state index >= 15 is 0 Å². The minimum atomic E-state index is -0.493. The van der Waals surface area contributed by atoms with Gasteiger partial charge in [0.15, 0.2) is 0 Å². The second-order valence-corrected chi connectivity index (χ2v) is 4.35. The van der Waals surface area contributed by atoms with Crippen LogP contribution in [0.4, 0.5) is 0 Å². The van der Waals surface area contributed by atoms with E-state index in [-0.39, 0.29) is 0 Å². The first-order valence-electron chi connectivity index (χ1n) is 5.96. The Morgan fingerprint density at radius 3 is 2.83 bits per heavy atom. The highest BCUT2D eigenvalue weighted by molar-refractivity contribution is 5.27. The van der Waals surface area contributed by atoms with Gasteiger partial charge in [-0.05, 0) is 18.1 Å². The highest BCUT2D eigenvalue weighted by Crippen LogP contribution is 2.16. The van der Waals surface area contributed by atoms with Crippen molar-refractivity contribution in [2.24, 2.45) is 7.05 Å². The monoisotopic (exact) mass is 246 g/mol. The van der Waals surface area contributed by atoms with Crippen LogP contribution in [0.3, 0.4) is 0 Å². The summed E-state index contributed by atoms with van der Waals surface area (Å²) in [7, 11) is 1.85. The molecule has 2 rings (SSSR count). The van der Waals surface area contributed by atoms with E-state index in [0.29, 0.717) is 13.1 Å². The molecule has 1 aromatic heterocycles. The number of hydrogen-bond acceptors (Lipinski definition) is 4. The van der Waals surface area contributed by atoms with Crippen molar-refractivity contribution in [1.82, 2.24) is 20.3 Å². The summed E-state index contributed by atoms with van der Waals surface area (Å²) in [5.74, 6) is 0. The first-order valence-corrected chi connectivity index (χ1v) is 5.96. The van der Waals surface area contributed by atoms with E-state index in [1.807, 2.05) is 38.2 Å². The van der Waals surface area contributed by atoms with Gasteiger partial charge < -0.3 is 10.4 Å². The fourth-order valence-electron chi connectivity index (χ4n) is 1.88. The molecule has 0 saturated heterocycles. The van der Waals surface area contributed by atoms with E-state index in [9.17, 15) is 5.11 Å². The second kappa shape index (κ2) is 5.75. The lowest BCUT2D eigenvalue weighted by Gasteiger charge is -2.14. The minimum Gasteiger partial charge on any atom is -0.387 e. The molecule has 0 aliphatic heterocycles. The van der Waals surface area contributed by atoms with E-state index in [0.717, 1.165) is 16.8 Å². The minimum absolute atomic E-state index is 0.493. The molecular formula is C13H18N4O. The van der Waals surface area contributed by atoms with Crippen molar-refractivity contribution in [3.05, 3.63) is 47.3 Å². The zero-order valence-electron chi connectivity index (χ0n) is 10.7. The van der Waals surface area contributed by atoms with Crippen LogP contribution in [0.1, 0.15) is 22.9 Å². The lowest BCUT2D eigenvalue weighted by molar-refractivity contribution is 0.173. The Labute approximate surface area is 106 Å². The standard InChI is InChI=1S/C13H18N4O/c1-10-5-3-4-6-12(10)13(18)9-14-7-11-8-15-16-17(11)2/h3-6,8,13-14,18H,7,9H2,1-2H3. The van der Waals surface area contributed by atoms with Crippen molar-refractivity contribution in [2.45, 2.75) is 19.6 Å². The zero-order chi connectivity index (χ0) is 13.0. The van der Waals surface area contributed by atoms with Crippen LogP contribution >= 0.6 is 0 Å². The van der Waals surface area contributed by atoms with Crippen LogP contribution in [0, 0.1) is 6.92 Å². The lowest BCUT2D eigenvalue weighted by atomic mass is 10.0. The number of nitrogens with zero attached hydrogens (tertiary/aromatic N) is 3. The summed E-state index contributed by atoms with van der Waals surface area (Å²) < 4.78 is 1.72. The summed E-state index contributed by atoms with van der Waals surface area (Å²) in [5, 5.41) is 21.0. The smallest absolute Gasteiger partial charge is 0.0917 e. The molecule has 0 aliphatic rings. The zero-order valence-corrected chi connectivity index (χ0v) is 10.7. The molecule has 0 aliphatic carbocycles. The van der Waals surface area contributed by atoms with Crippen molar-refractivity contribution in [3.8, 4) is 0 Å². The maximum Gasteiger partial charge on any atom is 0.0917 e. The van der Waals surface area contributed by atoms with Gasteiger partial charge in [-0.3, -0.25) is 4.68 Å². The van der Waals surface area contributed by atoms with Crippen LogP contribution in [0.2, 0.25) is 0 Å². The van der Waals surface area contributed by atoms with Crippen molar-refractivity contribution < 1.29 is 5.11 Å². The summed E-state index contributed by atoms with van der Waals surface area (Å²) >= 11 is 0. The molecule has 0 spiro atoms. The molecule has 1 aromatic carbocycles. The van der Waals surface area contributed by atoms with Crippen molar-refractivity contribution in [3.63, 3.8) is 0 Å². The molecule has 0 bridgehead atoms. The Balaban J connectivity index is 1.87. The van der Waals surface area contributed by atoms with Crippen LogP contribution in [-0.4, -0.2) is 26.6 Å². The van der Waals surface area contributed by atoms with Gasteiger partial charge in [0.25, 0.3) is 0 Å². The fraction of sp³-hybridized carbons (Fsp3) is 0.385. The van der Waals surface area contributed by atoms with Gasteiger partial charge in [-0.2, -0.15) is 0 Å². The molecule has 5 nitrogen and oxygen atoms in total. The van der Waals surface area contributed by atoms with Crippen molar-refractivity contribution in [1.29, 1.82) is 0 Å². The van der Waals surface area contributed by atoms with Crippen LogP contribution in [-0.2, 0) is 13.6 Å². The second-order valence-electron chi connectivity index (χ2n) is 4.35. The number of benzene rings is 1. The van der Waals surface area contributed by atoms with Gasteiger partial charge in [-0.15, -0.1) is 5.10 Å². The first-order chi connectivity index (χ1) is 8.68. The number of aryl methyl sites for hydroxylation is 2. The molecule has 2 aromatic rings. The van der Waals surface area contributed by atoms with E-state index in [4.69, 9.17) is 0 Å². The van der Waals surface area contributed by atoms with Crippen LogP contribution in [0.15, 0.2) is 30.5 Å². The Kier molecular flexibility index (Phi) is 4.07. The molecule has 96 valence electrons. The van der Waals surface area contributed by atoms with Crippen molar-refractivity contribution >= 4 is 0 Å². The van der Waals surface area contributed by atoms with Gasteiger partial charge >= 0.3 is 0 Å². The van der Waals surface area contributed by atoms with E-state index < -0.39 is 6.10 Å². The predicted octanol–water partition coefficient (Wildman–Crippen LogP) is 0.947. The molecule has 1 atom stereocenters. The fourth-order valence-corrected chi connectivity index (χ4v) is 1.88. The van der Waals surface area contributed by atoms with Gasteiger partial charge in [0.1, 0.15) is 0 Å². The Morgan fingerprint density at radius 1 is 1.39 bits per heavy atom. The molecule has 0 fully saturated rings. The third kappa shape index (κ3) is 2.94. The van der Waals surface area contributed by atoms with E-state index in [1.165, 1.54) is 0 Å². The largest absolute Gasteiger partial charge is 0.387 e. The third-order valence-electron chi connectivity index (χ3n) is 3.00. The maximum atomic E-state index is 10.1. The SMILES string of the molecule is Cc1ccccc1C(O)CNCc1cnnn1C. The highest BCUT2D eigenvalue weighted by Gasteiger charge is 2.09. The molecular weight excluding hydrogens is 228 g/mol. The molecule has 2 N–H and O–H groups in total. The predicted molar refractivity (Wildman–Crippen MR) is 68.8 cm³/mol. The molecule has 0 amide bonds. The number of nitrogens with one attached hydrogen (secondary N) is 1. The molecule has 0 saturated carbocycles. The highest BCUT2D eigenvalue weighted by atomic mass is 16.3. The van der Waals surface area contributed by atoms with Crippen molar-refractivity contribution in [2.75, 3.05) is 6.54 Å². The molecule has 0 radical (unpaired) electrons. The number of hydrogen-bond donors (Lipinski definition) is 2. The summed E-state index contributed by atoms with van der Waals surface area (Å²) in [4.78, 5) is 0. The average molecular weight is 246 g/mol. The van der Waals surface area contributed by atoms with Crippen LogP contribution < -0.4 is 5.32 Å². The van der Waals surface area contributed by atoms with E-state index in [2.05, 4.69) is 15.6 Å². The van der Waals surface area contributed by atoms with Gasteiger partial charge in [0.05, 0.1) is 18.0 Å². The molecule has 1 heterocycles. The van der Waals surface area contributed by atoms with Gasteiger partial charge in [-0.25, -0.2) is 0 Å². The molecule has 1 unspecified atom stereocenters. The van der Waals surface area contributed by atoms with Gasteiger partial charge in [-0.1, -0.05) is 29.5 Å². The van der Waals surface area contributed by atoms with Gasteiger partial charge in [0.2, 0.25) is 0 Å². The van der Waals surface area contributed by atoms with Gasteiger partial charge in [0, 0.05) is 20.1 Å². The number of aliphatic hydroxyl groups excluding tert-OH is 1. The first kappa shape index (κ1) is 12.7. The summed E-state index contributed by atoms with van der Waals surface area (Å²) in [6.07, 6.45) is 1.22. The molecule has 18 heavy (non-hydrogen) atoms. The van der Waals surface area contributed by atoms with Crippen LogP contribution in [0.5, 0.6) is 0 Å². The summed E-state index contributed by atoms with van der Waals surface area (Å²) in [6, 6.07) is 7.87.